The van der Waals surface area contributed by atoms with Crippen LogP contribution in [0.3, 0.4) is 0 Å². The number of carboxylic acid groups (broad SMARTS) is 1. The Hall–Kier alpha value is -8.97. The van der Waals surface area contributed by atoms with E-state index in [-0.39, 0.29) is 59.0 Å². The molecule has 0 aliphatic carbocycles. The number of aliphatic carboxylic acids is 1. The highest BCUT2D eigenvalue weighted by Crippen LogP contribution is 2.25. The maximum atomic E-state index is 12.5. The molecule has 0 fully saturated rings. The summed E-state index contributed by atoms with van der Waals surface area (Å²) in [6.07, 6.45) is 8.93. The van der Waals surface area contributed by atoms with Crippen molar-refractivity contribution in [3.63, 3.8) is 0 Å². The van der Waals surface area contributed by atoms with Crippen LogP contribution in [0.1, 0.15) is 194 Å². The zero-order chi connectivity index (χ0) is 82.3. The van der Waals surface area contributed by atoms with Crippen molar-refractivity contribution in [2.75, 3.05) is 59.0 Å². The summed E-state index contributed by atoms with van der Waals surface area (Å²) >= 11 is 0. The van der Waals surface area contributed by atoms with Gasteiger partial charge in [-0.1, -0.05) is 203 Å². The Morgan fingerprint density at radius 1 is 0.438 bits per heavy atom. The number of benzene rings is 7. The van der Waals surface area contributed by atoms with E-state index in [4.69, 9.17) is 33.6 Å². The van der Waals surface area contributed by atoms with Crippen molar-refractivity contribution >= 4 is 45.4 Å². The predicted molar refractivity (Wildman–Crippen MR) is 445 cm³/mol. The van der Waals surface area contributed by atoms with Gasteiger partial charge in [0.1, 0.15) is 71.5 Å². The number of carbonyl (C=O) groups excluding carboxylic acids is 5. The minimum atomic E-state index is -3.84. The maximum absolute atomic E-state index is 12.5. The largest absolute Gasteiger partial charge is 0.489 e. The van der Waals surface area contributed by atoms with Gasteiger partial charge in [0.2, 0.25) is 0 Å². The number of esters is 2. The van der Waals surface area contributed by atoms with E-state index in [9.17, 15) is 42.3 Å². The highest BCUT2D eigenvalue weighted by molar-refractivity contribution is 7.86. The van der Waals surface area contributed by atoms with Crippen molar-refractivity contribution in [2.24, 2.45) is 5.73 Å². The lowest BCUT2D eigenvalue weighted by molar-refractivity contribution is -0.158. The van der Waals surface area contributed by atoms with E-state index in [0.29, 0.717) is 63.4 Å². The third kappa shape index (κ3) is 40.0. The second-order valence-corrected chi connectivity index (χ2v) is 31.3. The Labute approximate surface area is 667 Å². The number of carboxylic acids is 1. The third-order valence-electron chi connectivity index (χ3n) is 17.0. The summed E-state index contributed by atoms with van der Waals surface area (Å²) in [5, 5.41) is 25.3. The smallest absolute Gasteiger partial charge is 0.323 e. The average Bonchev–Trinajstić information content (AvgIpc) is 0.842. The van der Waals surface area contributed by atoms with Crippen LogP contribution in [-0.2, 0) is 57.4 Å². The Balaban J connectivity index is 0.000000330. The van der Waals surface area contributed by atoms with E-state index in [1.807, 2.05) is 234 Å². The van der Waals surface area contributed by atoms with Crippen molar-refractivity contribution in [1.82, 2.24) is 26.6 Å². The number of hydrogen-bond donors (Lipinski definition) is 7. The normalized spacial score (nSPS) is 12.9. The monoisotopic (exact) mass is 1560 g/mol. The predicted octanol–water partition coefficient (Wildman–Crippen LogP) is 14.7. The molecule has 7 aromatic carbocycles. The Bertz CT molecular complexity index is 3970. The second kappa shape index (κ2) is 52.4. The first-order valence-corrected chi connectivity index (χ1v) is 40.8. The van der Waals surface area contributed by atoms with Gasteiger partial charge in [-0.3, -0.25) is 33.0 Å². The van der Waals surface area contributed by atoms with Crippen LogP contribution in [0.4, 0.5) is 0 Å². The minimum Gasteiger partial charge on any atom is -0.489 e. The number of rotatable bonds is 46. The van der Waals surface area contributed by atoms with Crippen LogP contribution >= 0.6 is 0 Å². The van der Waals surface area contributed by atoms with Gasteiger partial charge >= 0.3 is 17.9 Å². The second-order valence-electron chi connectivity index (χ2n) is 29.7. The van der Waals surface area contributed by atoms with Crippen LogP contribution in [0, 0.1) is 6.92 Å². The van der Waals surface area contributed by atoms with Crippen LogP contribution in [0.25, 0.3) is 0 Å². The molecular formula is C90H126N6O15S. The number of ether oxygens (including phenoxy) is 5. The summed E-state index contributed by atoms with van der Waals surface area (Å²) in [7, 11) is -3.84. The van der Waals surface area contributed by atoms with Gasteiger partial charge in [-0.15, -0.1) is 0 Å². The quantitative estimate of drug-likeness (QED) is 0.00807. The summed E-state index contributed by atoms with van der Waals surface area (Å²) in [6.45, 7) is 28.8. The highest BCUT2D eigenvalue weighted by Gasteiger charge is 2.26. The number of hydrogen-bond acceptors (Lipinski definition) is 20. The van der Waals surface area contributed by atoms with Crippen molar-refractivity contribution in [3.05, 3.63) is 227 Å². The van der Waals surface area contributed by atoms with Gasteiger partial charge in [-0.05, 0) is 194 Å². The Kier molecular flexibility index (Phi) is 44.6. The van der Waals surface area contributed by atoms with Crippen LogP contribution < -0.4 is 46.5 Å². The Morgan fingerprint density at radius 3 is 1.12 bits per heavy atom. The fourth-order valence-electron chi connectivity index (χ4n) is 11.2. The van der Waals surface area contributed by atoms with Crippen molar-refractivity contribution < 1.29 is 70.2 Å². The molecule has 612 valence electrons. The van der Waals surface area contributed by atoms with Gasteiger partial charge in [0, 0.05) is 29.8 Å². The Morgan fingerprint density at radius 2 is 0.768 bits per heavy atom. The molecule has 0 bridgehead atoms. The standard InChI is InChI=1S/C29H42N2O4.C27H31NO5S.C25H34N2O4.C9H19NO2/c1-6-13-25(28(33)35-29(3,4)5)31-20-22(2)34-27-18-11-10-16-24(27)17-12-19-30-21-26(32)23-14-8-7-9-15-23;1-21-14-16-25(17-15-21)34(30,31)32-20-22(2)33-27-13-7-6-11-24(27)12-8-18-28-19-26(29)23-9-4-3-5-10-23;1-3-10-22(25(29)30)27-17-19(2)31-24-15-8-7-13-21(24)14-9-16-26-18-23(28)20-11-5-4-6-12-20;1-5-6-7(10)8(11)12-9(2,3)4/h7-11,14-16,18,22,25,30-31H,6,12-13,17,19-21H2,1-5H3;3-7,9-11,13-17,22,28H,8,12,18-20H2,1-2H3;4-8,11-13,15,19,22,26-27H,3,9-10,14,16-18H2,1-2H3,(H,29,30);7H,5-6,10H2,1-4H3/t22-,25+;22-;19-,22+;7-/m1110/s1. The van der Waals surface area contributed by atoms with E-state index >= 15 is 0 Å². The van der Waals surface area contributed by atoms with E-state index in [2.05, 4.69) is 39.6 Å². The number of ketones is 3. The van der Waals surface area contributed by atoms with Crippen molar-refractivity contribution in [2.45, 2.75) is 220 Å². The molecule has 0 aliphatic heterocycles. The van der Waals surface area contributed by atoms with Crippen LogP contribution in [0.15, 0.2) is 193 Å². The first kappa shape index (κ1) is 95.4. The summed E-state index contributed by atoms with van der Waals surface area (Å²) in [5.41, 5.74) is 11.0. The molecular weight excluding hydrogens is 1440 g/mol. The summed E-state index contributed by atoms with van der Waals surface area (Å²) < 4.78 is 58.9. The average molecular weight is 1560 g/mol. The molecule has 22 heteroatoms. The maximum Gasteiger partial charge on any atom is 0.323 e. The molecule has 6 atom stereocenters. The molecule has 0 unspecified atom stereocenters. The SMILES string of the molecule is CCC[C@H](N)C(=O)OC(C)(C)C.CCC[C@H](NC[C@@H](C)Oc1ccccc1CCCNCC(=O)c1ccccc1)C(=O)O.CCC[C@H](NC[C@@H](C)Oc1ccccc1CCCNCC(=O)c1ccccc1)C(=O)OC(C)(C)C.Cc1ccc(S(=O)(=O)OC[C@@H](C)Oc2ccccc2CCCNCC(=O)c2ccccc2)cc1. The fraction of sp³-hybridized carbons (Fsp3) is 0.467. The molecule has 0 heterocycles. The van der Waals surface area contributed by atoms with Gasteiger partial charge in [0.05, 0.1) is 24.5 Å². The summed E-state index contributed by atoms with van der Waals surface area (Å²) in [6, 6.07) is 56.7. The molecule has 0 aromatic heterocycles. The molecule has 0 amide bonds. The minimum absolute atomic E-state index is 0.0683. The number of para-hydroxylation sites is 3. The first-order valence-electron chi connectivity index (χ1n) is 39.4. The summed E-state index contributed by atoms with van der Waals surface area (Å²) in [5.74, 6) is 1.29. The molecule has 0 radical (unpaired) electrons. The molecule has 0 spiro atoms. The zero-order valence-electron chi connectivity index (χ0n) is 68.4. The van der Waals surface area contributed by atoms with Crippen LogP contribution in [-0.4, -0.2) is 155 Å². The van der Waals surface area contributed by atoms with E-state index in [1.165, 1.54) is 12.1 Å². The summed E-state index contributed by atoms with van der Waals surface area (Å²) in [4.78, 5) is 71.6. The van der Waals surface area contributed by atoms with Gasteiger partial charge in [0.15, 0.2) is 17.3 Å². The van der Waals surface area contributed by atoms with Crippen LogP contribution in [0.2, 0.25) is 0 Å². The van der Waals surface area contributed by atoms with Gasteiger partial charge in [0.25, 0.3) is 10.1 Å². The van der Waals surface area contributed by atoms with Crippen molar-refractivity contribution in [1.29, 1.82) is 0 Å². The van der Waals surface area contributed by atoms with E-state index in [0.717, 1.165) is 122 Å². The first-order chi connectivity index (χ1) is 53.4. The topological polar surface area (TPSA) is 298 Å². The number of nitrogens with two attached hydrogens (primary N) is 1. The van der Waals surface area contributed by atoms with Crippen molar-refractivity contribution in [3.8, 4) is 17.2 Å². The molecule has 0 saturated heterocycles. The van der Waals surface area contributed by atoms with Gasteiger partial charge in [-0.2, -0.15) is 8.42 Å². The lowest BCUT2D eigenvalue weighted by Gasteiger charge is -2.26. The highest BCUT2D eigenvalue weighted by atomic mass is 32.2. The number of nitrogens with one attached hydrogen (secondary N) is 5. The molecule has 21 nitrogen and oxygen atoms in total. The van der Waals surface area contributed by atoms with Gasteiger partial charge in [-0.25, -0.2) is 0 Å². The molecule has 7 aromatic rings. The zero-order valence-corrected chi connectivity index (χ0v) is 69.2. The van der Waals surface area contributed by atoms with Gasteiger partial charge < -0.3 is 61.1 Å². The lowest BCUT2D eigenvalue weighted by atomic mass is 10.1. The van der Waals surface area contributed by atoms with E-state index < -0.39 is 45.5 Å². The van der Waals surface area contributed by atoms with Crippen LogP contribution in [0.5, 0.6) is 17.2 Å². The lowest BCUT2D eigenvalue weighted by Crippen LogP contribution is -2.44. The number of aryl methyl sites for hydroxylation is 4. The number of carbonyl (C=O) groups is 6. The molecule has 0 saturated carbocycles. The van der Waals surface area contributed by atoms with E-state index in [1.54, 1.807) is 19.1 Å². The molecule has 8 N–H and O–H groups in total. The fourth-order valence-corrected chi connectivity index (χ4v) is 12.2. The third-order valence-corrected chi connectivity index (χ3v) is 18.3. The number of Topliss-reactive ketones (excluding diaryl/α,β-unsaturated/α-hetero) is 3. The molecule has 7 rings (SSSR count). The molecule has 0 aliphatic rings. The molecule has 112 heavy (non-hydrogen) atoms.